The Labute approximate surface area is 164 Å². The highest BCUT2D eigenvalue weighted by atomic mass is 32.2. The van der Waals surface area contributed by atoms with E-state index in [9.17, 15) is 4.79 Å². The van der Waals surface area contributed by atoms with Crippen LogP contribution in [0.1, 0.15) is 71.8 Å². The van der Waals surface area contributed by atoms with Gasteiger partial charge in [0.25, 0.3) is 5.22 Å². The molecule has 3 rings (SSSR count). The summed E-state index contributed by atoms with van der Waals surface area (Å²) in [5, 5.41) is 9.40. The maximum Gasteiger partial charge on any atom is 0.283 e. The summed E-state index contributed by atoms with van der Waals surface area (Å²) < 4.78 is 5.74. The lowest BCUT2D eigenvalue weighted by molar-refractivity contribution is -0.128. The molecule has 146 valence electrons. The topological polar surface area (TPSA) is 85.0 Å². The highest BCUT2D eigenvalue weighted by molar-refractivity contribution is 7.99. The largest absolute Gasteiger partial charge is 0.414 e. The number of amides is 1. The molecular weight excluding hydrogens is 362 g/mol. The number of nitrogens with zero attached hydrogens (tertiary/aromatic N) is 5. The van der Waals surface area contributed by atoms with Crippen molar-refractivity contribution < 1.29 is 9.21 Å². The number of likely N-dealkylation sites (tertiary alicyclic amines) is 1. The number of hydrogen-bond acceptors (Lipinski definition) is 7. The van der Waals surface area contributed by atoms with Crippen LogP contribution in [0.4, 0.5) is 0 Å². The Hall–Kier alpha value is -1.96. The molecule has 0 saturated carbocycles. The van der Waals surface area contributed by atoms with E-state index in [1.54, 1.807) is 4.90 Å². The van der Waals surface area contributed by atoms with E-state index in [-0.39, 0.29) is 16.7 Å². The van der Waals surface area contributed by atoms with Crippen LogP contribution in [0.15, 0.2) is 20.7 Å². The third-order valence-corrected chi connectivity index (χ3v) is 5.04. The Morgan fingerprint density at radius 2 is 1.85 bits per heavy atom. The standard InChI is InChI=1S/C19H27N5O2S/c1-18(2,3)12-10-14(21-16(20-12)19(4,5)6)27-17-23-22-13(26-17)11-24-9-7-8-15(24)25/h10H,7-9,11H2,1-6H3. The fourth-order valence-electron chi connectivity index (χ4n) is 2.66. The average molecular weight is 390 g/mol. The summed E-state index contributed by atoms with van der Waals surface area (Å²) in [4.78, 5) is 23.0. The van der Waals surface area contributed by atoms with E-state index in [0.717, 1.165) is 29.5 Å². The summed E-state index contributed by atoms with van der Waals surface area (Å²) in [6.07, 6.45) is 1.49. The van der Waals surface area contributed by atoms with Crippen molar-refractivity contribution in [1.82, 2.24) is 25.1 Å². The number of aromatic nitrogens is 4. The fourth-order valence-corrected chi connectivity index (χ4v) is 3.37. The maximum atomic E-state index is 11.8. The van der Waals surface area contributed by atoms with Crippen LogP contribution in [-0.2, 0) is 22.2 Å². The van der Waals surface area contributed by atoms with Gasteiger partial charge in [0.2, 0.25) is 11.8 Å². The molecular formula is C19H27N5O2S. The van der Waals surface area contributed by atoms with Gasteiger partial charge in [0.1, 0.15) is 10.9 Å². The molecule has 0 aliphatic carbocycles. The van der Waals surface area contributed by atoms with Gasteiger partial charge in [-0.15, -0.1) is 10.2 Å². The zero-order valence-corrected chi connectivity index (χ0v) is 17.7. The maximum absolute atomic E-state index is 11.8. The second-order valence-electron chi connectivity index (χ2n) is 8.90. The van der Waals surface area contributed by atoms with Crippen molar-refractivity contribution in [3.63, 3.8) is 0 Å². The molecule has 0 N–H and O–H groups in total. The third-order valence-electron chi connectivity index (χ3n) is 4.28. The number of hydrogen-bond donors (Lipinski definition) is 0. The molecule has 2 aromatic heterocycles. The summed E-state index contributed by atoms with van der Waals surface area (Å²) in [7, 11) is 0. The van der Waals surface area contributed by atoms with E-state index in [1.165, 1.54) is 11.8 Å². The Bertz CT molecular complexity index is 803. The molecule has 7 nitrogen and oxygen atoms in total. The molecule has 1 aliphatic rings. The van der Waals surface area contributed by atoms with Crippen LogP contribution in [0.3, 0.4) is 0 Å². The molecule has 0 radical (unpaired) electrons. The summed E-state index contributed by atoms with van der Waals surface area (Å²) in [5.74, 6) is 1.39. The molecule has 0 spiro atoms. The second-order valence-corrected chi connectivity index (χ2v) is 9.87. The number of carbonyl (C=O) groups excluding carboxylic acids is 1. The van der Waals surface area contributed by atoms with Gasteiger partial charge in [0.15, 0.2) is 0 Å². The van der Waals surface area contributed by atoms with Crippen LogP contribution in [0, 0.1) is 0 Å². The summed E-state index contributed by atoms with van der Waals surface area (Å²) in [6, 6.07) is 1.98. The summed E-state index contributed by atoms with van der Waals surface area (Å²) in [6.45, 7) is 13.8. The highest BCUT2D eigenvalue weighted by Gasteiger charge is 2.25. The van der Waals surface area contributed by atoms with E-state index in [4.69, 9.17) is 14.4 Å². The van der Waals surface area contributed by atoms with E-state index < -0.39 is 0 Å². The van der Waals surface area contributed by atoms with Gasteiger partial charge in [-0.1, -0.05) is 41.5 Å². The zero-order valence-electron chi connectivity index (χ0n) is 16.9. The lowest BCUT2D eigenvalue weighted by atomic mass is 9.90. The first-order valence-corrected chi connectivity index (χ1v) is 10.0. The molecule has 3 heterocycles. The summed E-state index contributed by atoms with van der Waals surface area (Å²) in [5.41, 5.74) is 0.730. The second kappa shape index (κ2) is 7.22. The lowest BCUT2D eigenvalue weighted by Crippen LogP contribution is -2.23. The van der Waals surface area contributed by atoms with Gasteiger partial charge < -0.3 is 9.32 Å². The first-order valence-electron chi connectivity index (χ1n) is 9.20. The predicted octanol–water partition coefficient (Wildman–Crippen LogP) is 3.73. The van der Waals surface area contributed by atoms with Crippen molar-refractivity contribution in [2.75, 3.05) is 6.54 Å². The molecule has 8 heteroatoms. The van der Waals surface area contributed by atoms with Crippen molar-refractivity contribution in [2.45, 2.75) is 82.0 Å². The minimum absolute atomic E-state index is 0.0889. The molecule has 1 fully saturated rings. The van der Waals surface area contributed by atoms with Crippen LogP contribution >= 0.6 is 11.8 Å². The van der Waals surface area contributed by atoms with Crippen LogP contribution in [0.5, 0.6) is 0 Å². The molecule has 1 aliphatic heterocycles. The van der Waals surface area contributed by atoms with Crippen molar-refractivity contribution in [3.05, 3.63) is 23.5 Å². The van der Waals surface area contributed by atoms with Gasteiger partial charge in [-0.25, -0.2) is 9.97 Å². The van der Waals surface area contributed by atoms with Crippen LogP contribution < -0.4 is 0 Å². The quantitative estimate of drug-likeness (QED) is 0.737. The van der Waals surface area contributed by atoms with E-state index >= 15 is 0 Å². The summed E-state index contributed by atoms with van der Waals surface area (Å²) >= 11 is 1.33. The predicted molar refractivity (Wildman–Crippen MR) is 103 cm³/mol. The van der Waals surface area contributed by atoms with Gasteiger partial charge in [0.05, 0.1) is 12.2 Å². The first-order chi connectivity index (χ1) is 12.5. The normalized spacial score (nSPS) is 15.6. The molecule has 0 unspecified atom stereocenters. The van der Waals surface area contributed by atoms with Crippen molar-refractivity contribution in [2.24, 2.45) is 0 Å². The average Bonchev–Trinajstić information content (AvgIpc) is 3.15. The third kappa shape index (κ3) is 4.86. The van der Waals surface area contributed by atoms with Crippen molar-refractivity contribution >= 4 is 17.7 Å². The number of carbonyl (C=O) groups is 1. The monoisotopic (exact) mass is 389 g/mol. The van der Waals surface area contributed by atoms with Gasteiger partial charge in [-0.3, -0.25) is 4.79 Å². The fraction of sp³-hybridized carbons (Fsp3) is 0.632. The molecule has 0 aromatic carbocycles. The van der Waals surface area contributed by atoms with Crippen molar-refractivity contribution in [1.29, 1.82) is 0 Å². The lowest BCUT2D eigenvalue weighted by Gasteiger charge is -2.23. The Morgan fingerprint density at radius 3 is 2.44 bits per heavy atom. The Balaban J connectivity index is 1.81. The van der Waals surface area contributed by atoms with E-state index in [2.05, 4.69) is 51.7 Å². The van der Waals surface area contributed by atoms with E-state index in [0.29, 0.717) is 24.1 Å². The molecule has 2 aromatic rings. The smallest absolute Gasteiger partial charge is 0.283 e. The van der Waals surface area contributed by atoms with Crippen LogP contribution in [-0.4, -0.2) is 37.5 Å². The van der Waals surface area contributed by atoms with E-state index in [1.807, 2.05) is 6.07 Å². The molecule has 1 saturated heterocycles. The van der Waals surface area contributed by atoms with Crippen LogP contribution in [0.25, 0.3) is 0 Å². The first kappa shape index (κ1) is 19.8. The highest BCUT2D eigenvalue weighted by Crippen LogP contribution is 2.31. The molecule has 0 atom stereocenters. The van der Waals surface area contributed by atoms with Crippen molar-refractivity contribution in [3.8, 4) is 0 Å². The van der Waals surface area contributed by atoms with Crippen LogP contribution in [0.2, 0.25) is 0 Å². The molecule has 0 bridgehead atoms. The van der Waals surface area contributed by atoms with Gasteiger partial charge in [-0.2, -0.15) is 0 Å². The number of rotatable bonds is 4. The molecule has 27 heavy (non-hydrogen) atoms. The zero-order chi connectivity index (χ0) is 19.8. The molecule has 1 amide bonds. The minimum atomic E-state index is -0.160. The SMILES string of the molecule is CC(C)(C)c1cc(Sc2nnc(CN3CCCC3=O)o2)nc(C(C)(C)C)n1. The van der Waals surface area contributed by atoms with Gasteiger partial charge in [-0.05, 0) is 24.2 Å². The van der Waals surface area contributed by atoms with Gasteiger partial charge in [0, 0.05) is 23.8 Å². The minimum Gasteiger partial charge on any atom is -0.414 e. The Morgan fingerprint density at radius 1 is 1.11 bits per heavy atom. The Kier molecular flexibility index (Phi) is 5.29. The van der Waals surface area contributed by atoms with Gasteiger partial charge >= 0.3 is 0 Å².